The molecule has 0 fully saturated rings. The van der Waals surface area contributed by atoms with Gasteiger partial charge in [0.2, 0.25) is 0 Å². The first kappa shape index (κ1) is 16.5. The molecule has 4 rings (SSSR count). The number of alkyl halides is 3. The minimum Gasteiger partial charge on any atom is -0.406 e. The van der Waals surface area contributed by atoms with Crippen molar-refractivity contribution in [3.05, 3.63) is 71.4 Å². The molecule has 0 unspecified atom stereocenters. The van der Waals surface area contributed by atoms with Crippen molar-refractivity contribution < 1.29 is 17.9 Å². The van der Waals surface area contributed by atoms with Crippen molar-refractivity contribution in [1.82, 2.24) is 9.78 Å². The Balaban J connectivity index is 1.64. The highest BCUT2D eigenvalue weighted by atomic mass is 19.4. The van der Waals surface area contributed by atoms with E-state index in [-0.39, 0.29) is 5.75 Å². The van der Waals surface area contributed by atoms with Gasteiger partial charge in [0.25, 0.3) is 0 Å². The summed E-state index contributed by atoms with van der Waals surface area (Å²) in [7, 11) is 0. The van der Waals surface area contributed by atoms with Crippen LogP contribution >= 0.6 is 0 Å². The fourth-order valence-corrected chi connectivity index (χ4v) is 3.15. The van der Waals surface area contributed by atoms with Crippen LogP contribution < -0.4 is 10.1 Å². The van der Waals surface area contributed by atoms with E-state index in [0.29, 0.717) is 12.1 Å². The number of halogens is 3. The smallest absolute Gasteiger partial charge is 0.406 e. The molecular weight excluding hydrogens is 343 g/mol. The number of hydrogen-bond donors (Lipinski definition) is 1. The van der Waals surface area contributed by atoms with Gasteiger partial charge in [-0.05, 0) is 36.2 Å². The second kappa shape index (κ2) is 6.40. The fraction of sp³-hybridized carbons (Fsp3) is 0.211. The Kier molecular flexibility index (Phi) is 4.06. The minimum atomic E-state index is -4.70. The molecule has 1 N–H and O–H groups in total. The van der Waals surface area contributed by atoms with Crippen molar-refractivity contribution >= 4 is 5.82 Å². The molecule has 26 heavy (non-hydrogen) atoms. The second-order valence-electron chi connectivity index (χ2n) is 6.07. The van der Waals surface area contributed by atoms with Crippen LogP contribution in [0.2, 0.25) is 0 Å². The Morgan fingerprint density at radius 3 is 2.46 bits per heavy atom. The molecule has 1 aromatic heterocycles. The summed E-state index contributed by atoms with van der Waals surface area (Å²) in [6, 6.07) is 15.8. The lowest BCUT2D eigenvalue weighted by atomic mass is 10.1. The standard InChI is InChI=1S/C19H16F3N3O/c20-19(21,22)26-15-8-6-14(7-9-15)25-18-16(10-11-23-18)17(24-25)12-13-4-2-1-3-5-13/h1-9,23H,10-12H2. The number of fused-ring (bicyclic) bond motifs is 1. The second-order valence-corrected chi connectivity index (χ2v) is 6.07. The van der Waals surface area contributed by atoms with Gasteiger partial charge in [0.05, 0.1) is 11.4 Å². The summed E-state index contributed by atoms with van der Waals surface area (Å²) in [6.45, 7) is 0.824. The SMILES string of the molecule is FC(F)(F)Oc1ccc(-n2nc(Cc3ccccc3)c3c2NCC3)cc1. The molecule has 0 saturated carbocycles. The third-order valence-corrected chi connectivity index (χ3v) is 4.26. The van der Waals surface area contributed by atoms with Gasteiger partial charge < -0.3 is 10.1 Å². The molecule has 0 saturated heterocycles. The van der Waals surface area contributed by atoms with E-state index in [1.807, 2.05) is 18.2 Å². The number of benzene rings is 2. The number of aromatic nitrogens is 2. The van der Waals surface area contributed by atoms with Gasteiger partial charge in [-0.2, -0.15) is 5.10 Å². The highest BCUT2D eigenvalue weighted by Gasteiger charge is 2.31. The molecule has 2 heterocycles. The van der Waals surface area contributed by atoms with Crippen molar-refractivity contribution in [2.45, 2.75) is 19.2 Å². The highest BCUT2D eigenvalue weighted by molar-refractivity contribution is 5.58. The van der Waals surface area contributed by atoms with Gasteiger partial charge in [0, 0.05) is 18.5 Å². The topological polar surface area (TPSA) is 39.1 Å². The quantitative estimate of drug-likeness (QED) is 0.754. The first-order valence-corrected chi connectivity index (χ1v) is 8.24. The van der Waals surface area contributed by atoms with Crippen molar-refractivity contribution in [3.8, 4) is 11.4 Å². The third kappa shape index (κ3) is 3.37. The zero-order chi connectivity index (χ0) is 18.1. The Morgan fingerprint density at radius 2 is 1.77 bits per heavy atom. The van der Waals surface area contributed by atoms with Crippen LogP contribution in [-0.4, -0.2) is 22.7 Å². The molecule has 1 aliphatic rings. The normalized spacial score (nSPS) is 13.3. The molecule has 4 nitrogen and oxygen atoms in total. The number of anilines is 1. The molecular formula is C19H16F3N3O. The van der Waals surface area contributed by atoms with Crippen LogP contribution in [0.4, 0.5) is 19.0 Å². The zero-order valence-corrected chi connectivity index (χ0v) is 13.8. The number of nitrogens with zero attached hydrogens (tertiary/aromatic N) is 2. The molecule has 0 spiro atoms. The predicted molar refractivity (Wildman–Crippen MR) is 91.7 cm³/mol. The van der Waals surface area contributed by atoms with Crippen LogP contribution in [0.5, 0.6) is 5.75 Å². The van der Waals surface area contributed by atoms with E-state index < -0.39 is 6.36 Å². The minimum absolute atomic E-state index is 0.248. The van der Waals surface area contributed by atoms with Crippen LogP contribution in [0.25, 0.3) is 5.69 Å². The lowest BCUT2D eigenvalue weighted by Crippen LogP contribution is -2.17. The van der Waals surface area contributed by atoms with Gasteiger partial charge in [0.15, 0.2) is 0 Å². The van der Waals surface area contributed by atoms with Crippen LogP contribution in [0.15, 0.2) is 54.6 Å². The molecule has 134 valence electrons. The van der Waals surface area contributed by atoms with Gasteiger partial charge in [-0.1, -0.05) is 30.3 Å². The van der Waals surface area contributed by atoms with Crippen LogP contribution in [-0.2, 0) is 12.8 Å². The van der Waals surface area contributed by atoms with E-state index in [9.17, 15) is 13.2 Å². The van der Waals surface area contributed by atoms with E-state index in [0.717, 1.165) is 30.0 Å². The summed E-state index contributed by atoms with van der Waals surface area (Å²) in [5.41, 5.74) is 3.99. The average molecular weight is 359 g/mol. The molecule has 7 heteroatoms. The molecule has 0 radical (unpaired) electrons. The number of ether oxygens (including phenoxy) is 1. The Hall–Kier alpha value is -2.96. The van der Waals surface area contributed by atoms with E-state index in [1.165, 1.54) is 17.7 Å². The van der Waals surface area contributed by atoms with Gasteiger partial charge >= 0.3 is 6.36 Å². The van der Waals surface area contributed by atoms with E-state index in [1.54, 1.807) is 16.8 Å². The first-order chi connectivity index (χ1) is 12.5. The summed E-state index contributed by atoms with van der Waals surface area (Å²) in [5.74, 6) is 0.656. The molecule has 1 aliphatic heterocycles. The number of hydrogen-bond acceptors (Lipinski definition) is 3. The van der Waals surface area contributed by atoms with Gasteiger partial charge in [-0.15, -0.1) is 13.2 Å². The lowest BCUT2D eigenvalue weighted by Gasteiger charge is -2.10. The maximum absolute atomic E-state index is 12.3. The van der Waals surface area contributed by atoms with Gasteiger partial charge in [0.1, 0.15) is 11.6 Å². The van der Waals surface area contributed by atoms with Crippen molar-refractivity contribution in [1.29, 1.82) is 0 Å². The Morgan fingerprint density at radius 1 is 1.04 bits per heavy atom. The van der Waals surface area contributed by atoms with E-state index >= 15 is 0 Å². The first-order valence-electron chi connectivity index (χ1n) is 8.24. The van der Waals surface area contributed by atoms with E-state index in [4.69, 9.17) is 5.10 Å². The van der Waals surface area contributed by atoms with Gasteiger partial charge in [-0.25, -0.2) is 4.68 Å². The summed E-state index contributed by atoms with van der Waals surface area (Å²) in [4.78, 5) is 0. The summed E-state index contributed by atoms with van der Waals surface area (Å²) in [5, 5.41) is 8.01. The Bertz CT molecular complexity index is 902. The summed E-state index contributed by atoms with van der Waals surface area (Å²) < 4.78 is 42.6. The predicted octanol–water partition coefficient (Wildman–Crippen LogP) is 4.33. The van der Waals surface area contributed by atoms with Gasteiger partial charge in [-0.3, -0.25) is 0 Å². The molecule has 0 bridgehead atoms. The van der Waals surface area contributed by atoms with Crippen LogP contribution in [0.1, 0.15) is 16.8 Å². The van der Waals surface area contributed by atoms with Crippen molar-refractivity contribution in [2.75, 3.05) is 11.9 Å². The summed E-state index contributed by atoms with van der Waals surface area (Å²) >= 11 is 0. The number of rotatable bonds is 4. The fourth-order valence-electron chi connectivity index (χ4n) is 3.15. The van der Waals surface area contributed by atoms with Crippen LogP contribution in [0, 0.1) is 0 Å². The zero-order valence-electron chi connectivity index (χ0n) is 13.8. The lowest BCUT2D eigenvalue weighted by molar-refractivity contribution is -0.274. The molecule has 2 aromatic carbocycles. The van der Waals surface area contributed by atoms with Crippen molar-refractivity contribution in [2.24, 2.45) is 0 Å². The average Bonchev–Trinajstić information content (AvgIpc) is 3.19. The molecule has 0 amide bonds. The van der Waals surface area contributed by atoms with E-state index in [2.05, 4.69) is 22.2 Å². The highest BCUT2D eigenvalue weighted by Crippen LogP contribution is 2.31. The maximum atomic E-state index is 12.3. The van der Waals surface area contributed by atoms with Crippen LogP contribution in [0.3, 0.4) is 0 Å². The Labute approximate surface area is 148 Å². The third-order valence-electron chi connectivity index (χ3n) is 4.26. The molecule has 0 aliphatic carbocycles. The molecule has 0 atom stereocenters. The van der Waals surface area contributed by atoms with Crippen molar-refractivity contribution in [3.63, 3.8) is 0 Å². The number of nitrogens with one attached hydrogen (secondary N) is 1. The molecule has 3 aromatic rings. The monoisotopic (exact) mass is 359 g/mol. The summed E-state index contributed by atoms with van der Waals surface area (Å²) in [6.07, 6.45) is -3.10. The largest absolute Gasteiger partial charge is 0.573 e. The maximum Gasteiger partial charge on any atom is 0.573 e.